The average molecular weight is 349 g/mol. The molecule has 1 unspecified atom stereocenters. The SMILES string of the molecule is CC(C)(C)OC(=O)NC(Cc1ccc(O)cc1)C(=O)OC1CCCC1. The van der Waals surface area contributed by atoms with E-state index in [1.54, 1.807) is 45.0 Å². The molecule has 0 bridgehead atoms. The van der Waals surface area contributed by atoms with Gasteiger partial charge in [-0.15, -0.1) is 0 Å². The van der Waals surface area contributed by atoms with Crippen LogP contribution in [0.1, 0.15) is 52.0 Å². The molecule has 138 valence electrons. The minimum absolute atomic E-state index is 0.0738. The third kappa shape index (κ3) is 6.64. The highest BCUT2D eigenvalue weighted by Gasteiger charge is 2.29. The molecule has 1 atom stereocenters. The molecule has 6 heteroatoms. The number of nitrogens with one attached hydrogen (secondary N) is 1. The third-order valence-electron chi connectivity index (χ3n) is 3.94. The van der Waals surface area contributed by atoms with Crippen molar-refractivity contribution in [3.8, 4) is 5.75 Å². The molecule has 1 fully saturated rings. The summed E-state index contributed by atoms with van der Waals surface area (Å²) < 4.78 is 10.8. The molecule has 0 radical (unpaired) electrons. The summed E-state index contributed by atoms with van der Waals surface area (Å²) in [6.07, 6.45) is 3.38. The number of benzene rings is 1. The maximum Gasteiger partial charge on any atom is 0.408 e. The number of hydrogen-bond donors (Lipinski definition) is 2. The Morgan fingerprint density at radius 2 is 1.80 bits per heavy atom. The number of esters is 1. The number of carbonyl (C=O) groups is 2. The van der Waals surface area contributed by atoms with Gasteiger partial charge in [-0.3, -0.25) is 0 Å². The first-order valence-corrected chi connectivity index (χ1v) is 8.71. The summed E-state index contributed by atoms with van der Waals surface area (Å²) in [5.74, 6) is -0.306. The monoisotopic (exact) mass is 349 g/mol. The molecule has 0 saturated heterocycles. The highest BCUT2D eigenvalue weighted by molar-refractivity contribution is 5.82. The second-order valence-corrected chi connectivity index (χ2v) is 7.41. The molecule has 1 aliphatic carbocycles. The predicted octanol–water partition coefficient (Wildman–Crippen LogP) is 3.31. The predicted molar refractivity (Wildman–Crippen MR) is 93.3 cm³/mol. The van der Waals surface area contributed by atoms with Gasteiger partial charge in [0.25, 0.3) is 0 Å². The van der Waals surface area contributed by atoms with E-state index in [1.807, 2.05) is 0 Å². The Bertz CT molecular complexity index is 585. The van der Waals surface area contributed by atoms with Crippen LogP contribution in [0.3, 0.4) is 0 Å². The van der Waals surface area contributed by atoms with Crippen LogP contribution in [0, 0.1) is 0 Å². The summed E-state index contributed by atoms with van der Waals surface area (Å²) in [5.41, 5.74) is 0.157. The van der Waals surface area contributed by atoms with E-state index in [0.717, 1.165) is 31.2 Å². The number of alkyl carbamates (subject to hydrolysis) is 1. The number of carbonyl (C=O) groups excluding carboxylic acids is 2. The summed E-state index contributed by atoms with van der Waals surface area (Å²) in [7, 11) is 0. The highest BCUT2D eigenvalue weighted by Crippen LogP contribution is 2.22. The molecule has 1 aromatic carbocycles. The van der Waals surface area contributed by atoms with Gasteiger partial charge in [-0.25, -0.2) is 9.59 Å². The number of hydrogen-bond acceptors (Lipinski definition) is 5. The van der Waals surface area contributed by atoms with Gasteiger partial charge in [-0.05, 0) is 64.2 Å². The van der Waals surface area contributed by atoms with Gasteiger partial charge in [0.1, 0.15) is 23.5 Å². The van der Waals surface area contributed by atoms with Crippen LogP contribution >= 0.6 is 0 Å². The summed E-state index contributed by atoms with van der Waals surface area (Å²) in [5, 5.41) is 12.0. The fourth-order valence-corrected chi connectivity index (χ4v) is 2.76. The summed E-state index contributed by atoms with van der Waals surface area (Å²) >= 11 is 0. The summed E-state index contributed by atoms with van der Waals surface area (Å²) in [6, 6.07) is 5.67. The molecule has 0 aromatic heterocycles. The van der Waals surface area contributed by atoms with Crippen LogP contribution in [0.4, 0.5) is 4.79 Å². The van der Waals surface area contributed by atoms with Gasteiger partial charge < -0.3 is 19.9 Å². The van der Waals surface area contributed by atoms with Gasteiger partial charge in [0.15, 0.2) is 0 Å². The minimum Gasteiger partial charge on any atom is -0.508 e. The average Bonchev–Trinajstić information content (AvgIpc) is 2.99. The molecule has 6 nitrogen and oxygen atoms in total. The molecule has 2 rings (SSSR count). The lowest BCUT2D eigenvalue weighted by Crippen LogP contribution is -2.46. The molecule has 0 spiro atoms. The van der Waals surface area contributed by atoms with Crippen molar-refractivity contribution in [3.05, 3.63) is 29.8 Å². The second-order valence-electron chi connectivity index (χ2n) is 7.41. The van der Waals surface area contributed by atoms with Crippen LogP contribution in [0.25, 0.3) is 0 Å². The Morgan fingerprint density at radius 3 is 2.36 bits per heavy atom. The van der Waals surface area contributed by atoms with Gasteiger partial charge in [0.2, 0.25) is 0 Å². The van der Waals surface area contributed by atoms with Crippen molar-refractivity contribution in [3.63, 3.8) is 0 Å². The molecule has 2 N–H and O–H groups in total. The Labute approximate surface area is 148 Å². The van der Waals surface area contributed by atoms with Crippen LogP contribution in [0.2, 0.25) is 0 Å². The second kappa shape index (κ2) is 8.23. The van der Waals surface area contributed by atoms with Crippen molar-refractivity contribution < 1.29 is 24.2 Å². The quantitative estimate of drug-likeness (QED) is 0.797. The molecule has 0 heterocycles. The van der Waals surface area contributed by atoms with Gasteiger partial charge >= 0.3 is 12.1 Å². The summed E-state index contributed by atoms with van der Waals surface area (Å²) in [6.45, 7) is 5.29. The number of amides is 1. The molecule has 1 aliphatic rings. The zero-order valence-corrected chi connectivity index (χ0v) is 15.1. The maximum absolute atomic E-state index is 12.5. The molecule has 1 amide bonds. The Kier molecular flexibility index (Phi) is 6.28. The first kappa shape index (κ1) is 19.1. The minimum atomic E-state index is -0.833. The lowest BCUT2D eigenvalue weighted by Gasteiger charge is -2.24. The third-order valence-corrected chi connectivity index (χ3v) is 3.94. The first-order valence-electron chi connectivity index (χ1n) is 8.71. The standard InChI is InChI=1S/C19H27NO5/c1-19(2,3)25-18(23)20-16(12-13-8-10-14(21)11-9-13)17(22)24-15-6-4-5-7-15/h8-11,15-16,21H,4-7,12H2,1-3H3,(H,20,23). The topological polar surface area (TPSA) is 84.9 Å². The molecular formula is C19H27NO5. The normalized spacial score (nSPS) is 16.3. The smallest absolute Gasteiger partial charge is 0.408 e. The largest absolute Gasteiger partial charge is 0.508 e. The van der Waals surface area contributed by atoms with E-state index in [2.05, 4.69) is 5.32 Å². The van der Waals surface area contributed by atoms with Crippen molar-refractivity contribution >= 4 is 12.1 Å². The first-order chi connectivity index (χ1) is 11.7. The zero-order chi connectivity index (χ0) is 18.4. The maximum atomic E-state index is 12.5. The van der Waals surface area contributed by atoms with Crippen molar-refractivity contribution in [2.45, 2.75) is 70.6 Å². The van der Waals surface area contributed by atoms with Crippen molar-refractivity contribution in [1.29, 1.82) is 0 Å². The highest BCUT2D eigenvalue weighted by atomic mass is 16.6. The molecule has 1 saturated carbocycles. The van der Waals surface area contributed by atoms with Gasteiger partial charge in [-0.2, -0.15) is 0 Å². The molecule has 1 aromatic rings. The van der Waals surface area contributed by atoms with Crippen molar-refractivity contribution in [1.82, 2.24) is 5.32 Å². The summed E-state index contributed by atoms with van der Waals surface area (Å²) in [4.78, 5) is 24.6. The van der Waals surface area contributed by atoms with Gasteiger partial charge in [0.05, 0.1) is 0 Å². The van der Waals surface area contributed by atoms with Crippen molar-refractivity contribution in [2.75, 3.05) is 0 Å². The van der Waals surface area contributed by atoms with E-state index in [9.17, 15) is 14.7 Å². The fourth-order valence-electron chi connectivity index (χ4n) is 2.76. The van der Waals surface area contributed by atoms with E-state index in [1.165, 1.54) is 0 Å². The van der Waals surface area contributed by atoms with E-state index >= 15 is 0 Å². The Hall–Kier alpha value is -2.24. The molecule has 0 aliphatic heterocycles. The van der Waals surface area contributed by atoms with Crippen LogP contribution in [0.15, 0.2) is 24.3 Å². The number of phenolic OH excluding ortho intramolecular Hbond substituents is 1. The van der Waals surface area contributed by atoms with E-state index in [-0.39, 0.29) is 18.3 Å². The Morgan fingerprint density at radius 1 is 1.20 bits per heavy atom. The van der Waals surface area contributed by atoms with Gasteiger partial charge in [-0.1, -0.05) is 12.1 Å². The van der Waals surface area contributed by atoms with Crippen LogP contribution in [-0.4, -0.2) is 34.9 Å². The van der Waals surface area contributed by atoms with Crippen LogP contribution < -0.4 is 5.32 Å². The number of phenols is 1. The number of aromatic hydroxyl groups is 1. The number of ether oxygens (including phenoxy) is 2. The van der Waals surface area contributed by atoms with Crippen LogP contribution in [-0.2, 0) is 20.7 Å². The number of rotatable bonds is 5. The van der Waals surface area contributed by atoms with E-state index in [4.69, 9.17) is 9.47 Å². The fraction of sp³-hybridized carbons (Fsp3) is 0.579. The van der Waals surface area contributed by atoms with Gasteiger partial charge in [0, 0.05) is 6.42 Å². The van der Waals surface area contributed by atoms with Crippen LogP contribution in [0.5, 0.6) is 5.75 Å². The Balaban J connectivity index is 2.04. The van der Waals surface area contributed by atoms with E-state index < -0.39 is 23.7 Å². The zero-order valence-electron chi connectivity index (χ0n) is 15.1. The lowest BCUT2D eigenvalue weighted by molar-refractivity contribution is -0.151. The lowest BCUT2D eigenvalue weighted by atomic mass is 10.1. The van der Waals surface area contributed by atoms with Crippen molar-refractivity contribution in [2.24, 2.45) is 0 Å². The molecule has 25 heavy (non-hydrogen) atoms. The van der Waals surface area contributed by atoms with E-state index in [0.29, 0.717) is 0 Å². The molecular weight excluding hydrogens is 322 g/mol.